The van der Waals surface area contributed by atoms with Crippen molar-refractivity contribution in [2.24, 2.45) is 5.92 Å². The first-order chi connectivity index (χ1) is 4.63. The van der Waals surface area contributed by atoms with Crippen molar-refractivity contribution in [3.63, 3.8) is 0 Å². The Morgan fingerprint density at radius 2 is 2.10 bits per heavy atom. The summed E-state index contributed by atoms with van der Waals surface area (Å²) < 4.78 is 25.3. The van der Waals surface area contributed by atoms with Crippen LogP contribution in [-0.2, 0) is 0 Å². The zero-order valence-corrected chi connectivity index (χ0v) is 6.20. The molecule has 0 aromatic heterocycles. The molecule has 0 amide bonds. The summed E-state index contributed by atoms with van der Waals surface area (Å²) in [6, 6.07) is 0. The first kappa shape index (κ1) is 7.73. The molecule has 1 rings (SSSR count). The first-order valence-corrected chi connectivity index (χ1v) is 3.37. The molecule has 2 atom stereocenters. The molecule has 56 valence electrons. The van der Waals surface area contributed by atoms with Gasteiger partial charge >= 0.3 is 0 Å². The average Bonchev–Trinajstić information content (AvgIpc) is 1.93. The topological polar surface area (TPSA) is 0 Å². The molecule has 0 bridgehead atoms. The molecule has 0 radical (unpaired) electrons. The fourth-order valence-electron chi connectivity index (χ4n) is 0.782. The number of alkyl halides is 1. The number of hydrogen-bond acceptors (Lipinski definition) is 0. The van der Waals surface area contributed by atoms with Gasteiger partial charge in [-0.3, -0.25) is 0 Å². The van der Waals surface area contributed by atoms with Crippen LogP contribution in [0.2, 0.25) is 0 Å². The summed E-state index contributed by atoms with van der Waals surface area (Å²) in [6.07, 6.45) is 1.08. The van der Waals surface area contributed by atoms with Crippen molar-refractivity contribution in [3.8, 4) is 0 Å². The van der Waals surface area contributed by atoms with Gasteiger partial charge in [-0.15, -0.1) is 0 Å². The summed E-state index contributed by atoms with van der Waals surface area (Å²) in [5.74, 6) is -1.17. The smallest absolute Gasteiger partial charge is 0.144 e. The quantitative estimate of drug-likeness (QED) is 0.517. The third kappa shape index (κ3) is 1.21. The van der Waals surface area contributed by atoms with Crippen LogP contribution in [0.15, 0.2) is 23.0 Å². The molecule has 0 saturated heterocycles. The molecule has 10 heavy (non-hydrogen) atoms. The number of allylic oxidation sites excluding steroid dienone is 4. The Bertz CT molecular complexity index is 174. The minimum atomic E-state index is -1.37. The van der Waals surface area contributed by atoms with Gasteiger partial charge in [0.1, 0.15) is 12.0 Å². The average molecular weight is 165 g/mol. The molecule has 0 saturated carbocycles. The Balaban J connectivity index is 2.86. The van der Waals surface area contributed by atoms with E-state index in [1.807, 2.05) is 0 Å². The van der Waals surface area contributed by atoms with E-state index in [4.69, 9.17) is 11.6 Å². The minimum Gasteiger partial charge on any atom is -0.241 e. The fourth-order valence-corrected chi connectivity index (χ4v) is 1.03. The van der Waals surface area contributed by atoms with E-state index in [0.29, 0.717) is 0 Å². The molecule has 0 aromatic carbocycles. The molecule has 1 aliphatic rings. The Kier molecular flexibility index (Phi) is 2.09. The third-order valence-electron chi connectivity index (χ3n) is 1.54. The molecule has 0 N–H and O–H groups in total. The lowest BCUT2D eigenvalue weighted by Gasteiger charge is -2.17. The van der Waals surface area contributed by atoms with Crippen LogP contribution >= 0.6 is 11.6 Å². The predicted molar refractivity (Wildman–Crippen MR) is 37.2 cm³/mol. The number of hydrogen-bond donors (Lipinski definition) is 0. The molecule has 0 fully saturated rings. The van der Waals surface area contributed by atoms with Crippen molar-refractivity contribution in [3.05, 3.63) is 23.0 Å². The van der Waals surface area contributed by atoms with Crippen LogP contribution in [0.1, 0.15) is 6.92 Å². The van der Waals surface area contributed by atoms with Gasteiger partial charge in [0.25, 0.3) is 0 Å². The van der Waals surface area contributed by atoms with Crippen molar-refractivity contribution in [1.29, 1.82) is 0 Å². The lowest BCUT2D eigenvalue weighted by Crippen LogP contribution is -2.16. The van der Waals surface area contributed by atoms with Gasteiger partial charge in [-0.2, -0.15) is 0 Å². The van der Waals surface area contributed by atoms with Crippen molar-refractivity contribution >= 4 is 11.6 Å². The van der Waals surface area contributed by atoms with Crippen molar-refractivity contribution in [2.45, 2.75) is 13.1 Å². The van der Waals surface area contributed by atoms with Gasteiger partial charge in [0.05, 0.1) is 5.03 Å². The molecule has 0 nitrogen and oxygen atoms in total. The molecule has 0 heterocycles. The highest BCUT2D eigenvalue weighted by atomic mass is 35.5. The van der Waals surface area contributed by atoms with Crippen molar-refractivity contribution < 1.29 is 8.78 Å². The predicted octanol–water partition coefficient (Wildman–Crippen LogP) is 2.95. The van der Waals surface area contributed by atoms with Gasteiger partial charge in [0.2, 0.25) is 0 Å². The Hall–Kier alpha value is -0.370. The molecule has 0 spiro atoms. The van der Waals surface area contributed by atoms with E-state index in [1.54, 1.807) is 0 Å². The molecule has 2 unspecified atom stereocenters. The zero-order valence-electron chi connectivity index (χ0n) is 5.44. The SMILES string of the molecule is CC1C(F)=CC=C(Cl)C1F. The lowest BCUT2D eigenvalue weighted by molar-refractivity contribution is 0.286. The van der Waals surface area contributed by atoms with Crippen molar-refractivity contribution in [2.75, 3.05) is 0 Å². The number of rotatable bonds is 0. The zero-order chi connectivity index (χ0) is 7.72. The summed E-state index contributed by atoms with van der Waals surface area (Å²) in [6.45, 7) is 1.46. The molecule has 1 aliphatic carbocycles. The van der Waals surface area contributed by atoms with E-state index in [1.165, 1.54) is 19.1 Å². The largest absolute Gasteiger partial charge is 0.241 e. The van der Waals surface area contributed by atoms with E-state index in [0.717, 1.165) is 0 Å². The summed E-state index contributed by atoms with van der Waals surface area (Å²) in [5, 5.41) is 0.0777. The third-order valence-corrected chi connectivity index (χ3v) is 1.87. The summed E-state index contributed by atoms with van der Waals surface area (Å²) in [4.78, 5) is 0. The maximum absolute atomic E-state index is 12.7. The highest BCUT2D eigenvalue weighted by Gasteiger charge is 2.25. The second kappa shape index (κ2) is 2.70. The molecule has 0 aliphatic heterocycles. The molecule has 0 aromatic rings. The maximum atomic E-state index is 12.7. The highest BCUT2D eigenvalue weighted by Crippen LogP contribution is 2.30. The fraction of sp³-hybridized carbons (Fsp3) is 0.429. The highest BCUT2D eigenvalue weighted by molar-refractivity contribution is 6.30. The Morgan fingerprint density at radius 1 is 1.50 bits per heavy atom. The van der Waals surface area contributed by atoms with Crippen LogP contribution in [0.25, 0.3) is 0 Å². The number of halogens is 3. The summed E-state index contributed by atoms with van der Waals surface area (Å²) in [5.41, 5.74) is 0. The van der Waals surface area contributed by atoms with E-state index in [9.17, 15) is 8.78 Å². The van der Waals surface area contributed by atoms with Gasteiger partial charge in [-0.05, 0) is 12.2 Å². The van der Waals surface area contributed by atoms with Crippen LogP contribution in [0.5, 0.6) is 0 Å². The van der Waals surface area contributed by atoms with Gasteiger partial charge in [-0.1, -0.05) is 18.5 Å². The second-order valence-corrected chi connectivity index (χ2v) is 2.73. The molecular weight excluding hydrogens is 158 g/mol. The minimum absolute atomic E-state index is 0.0777. The molecular formula is C7H7ClF2. The van der Waals surface area contributed by atoms with E-state index in [2.05, 4.69) is 0 Å². The van der Waals surface area contributed by atoms with E-state index in [-0.39, 0.29) is 5.03 Å². The van der Waals surface area contributed by atoms with Crippen LogP contribution in [0.3, 0.4) is 0 Å². The second-order valence-electron chi connectivity index (χ2n) is 2.29. The van der Waals surface area contributed by atoms with Crippen LogP contribution in [-0.4, -0.2) is 6.17 Å². The summed E-state index contributed by atoms with van der Waals surface area (Å²) >= 11 is 5.40. The lowest BCUT2D eigenvalue weighted by atomic mass is 10.00. The van der Waals surface area contributed by atoms with Gasteiger partial charge in [-0.25, -0.2) is 8.78 Å². The Morgan fingerprint density at radius 3 is 2.60 bits per heavy atom. The van der Waals surface area contributed by atoms with Crippen LogP contribution < -0.4 is 0 Å². The van der Waals surface area contributed by atoms with Crippen molar-refractivity contribution in [1.82, 2.24) is 0 Å². The van der Waals surface area contributed by atoms with E-state index < -0.39 is 17.9 Å². The van der Waals surface area contributed by atoms with Crippen LogP contribution in [0, 0.1) is 5.92 Å². The first-order valence-electron chi connectivity index (χ1n) is 2.99. The van der Waals surface area contributed by atoms with Gasteiger partial charge in [0, 0.05) is 5.92 Å². The Labute approximate surface area is 63.2 Å². The molecule has 3 heteroatoms. The monoisotopic (exact) mass is 164 g/mol. The summed E-state index contributed by atoms with van der Waals surface area (Å²) in [7, 11) is 0. The standard InChI is InChI=1S/C7H7ClF2/c1-4-6(9)3-2-5(8)7(4)10/h2-4,7H,1H3. The van der Waals surface area contributed by atoms with E-state index >= 15 is 0 Å². The normalized spacial score (nSPS) is 33.2. The van der Waals surface area contributed by atoms with Gasteiger partial charge in [0.15, 0.2) is 0 Å². The van der Waals surface area contributed by atoms with Gasteiger partial charge < -0.3 is 0 Å². The maximum Gasteiger partial charge on any atom is 0.144 e. The van der Waals surface area contributed by atoms with Crippen LogP contribution in [0.4, 0.5) is 8.78 Å².